The van der Waals surface area contributed by atoms with Gasteiger partial charge in [0.05, 0.1) is 12.2 Å². The Morgan fingerprint density at radius 3 is 2.65 bits per heavy atom. The number of halogens is 2. The fraction of sp³-hybridized carbons (Fsp3) is 0.429. The van der Waals surface area contributed by atoms with E-state index in [1.54, 1.807) is 6.92 Å². The summed E-state index contributed by atoms with van der Waals surface area (Å²) in [6.07, 6.45) is 0. The molecule has 0 saturated heterocycles. The minimum atomic E-state index is -1.02. The van der Waals surface area contributed by atoms with Crippen molar-refractivity contribution in [2.24, 2.45) is 11.0 Å². The lowest BCUT2D eigenvalue weighted by Crippen LogP contribution is -2.25. The smallest absolute Gasteiger partial charge is 0.319 e. The summed E-state index contributed by atoms with van der Waals surface area (Å²) in [6, 6.07) is 2.36. The number of azide groups is 1. The molecule has 0 bridgehead atoms. The number of hydrogen-bond acceptors (Lipinski definition) is 4. The summed E-state index contributed by atoms with van der Waals surface area (Å²) in [4.78, 5) is 26.5. The van der Waals surface area contributed by atoms with E-state index in [9.17, 15) is 14.0 Å². The summed E-state index contributed by atoms with van der Waals surface area (Å²) in [5.41, 5.74) is 7.95. The predicted molar refractivity (Wildman–Crippen MR) is 88.7 cm³/mol. The van der Waals surface area contributed by atoms with Gasteiger partial charge in [0, 0.05) is 14.3 Å². The van der Waals surface area contributed by atoms with Crippen LogP contribution in [0.15, 0.2) is 26.6 Å². The van der Waals surface area contributed by atoms with Gasteiger partial charge in [0.15, 0.2) is 0 Å². The molecule has 9 heteroatoms. The van der Waals surface area contributed by atoms with Gasteiger partial charge in [0.2, 0.25) is 0 Å². The van der Waals surface area contributed by atoms with E-state index < -0.39 is 17.0 Å². The van der Waals surface area contributed by atoms with Crippen LogP contribution in [0.4, 0.5) is 4.39 Å². The van der Waals surface area contributed by atoms with Gasteiger partial charge in [0.1, 0.15) is 11.1 Å². The van der Waals surface area contributed by atoms with Crippen LogP contribution < -0.4 is 0 Å². The molecule has 0 heterocycles. The van der Waals surface area contributed by atoms with Crippen molar-refractivity contribution in [2.45, 2.75) is 30.9 Å². The molecular weight excluding hydrogens is 389 g/mol. The highest BCUT2D eigenvalue weighted by Gasteiger charge is 2.26. The molecule has 1 amide bonds. The normalized spacial score (nSPS) is 11.7. The van der Waals surface area contributed by atoms with Crippen LogP contribution in [0.5, 0.6) is 0 Å². The van der Waals surface area contributed by atoms with Gasteiger partial charge in [-0.25, -0.2) is 4.39 Å². The van der Waals surface area contributed by atoms with Gasteiger partial charge < -0.3 is 4.74 Å². The van der Waals surface area contributed by atoms with E-state index in [1.807, 2.05) is 13.8 Å². The predicted octanol–water partition coefficient (Wildman–Crippen LogP) is 4.72. The molecule has 0 aliphatic carbocycles. The zero-order valence-electron chi connectivity index (χ0n) is 12.7. The molecule has 1 atom stereocenters. The lowest BCUT2D eigenvalue weighted by atomic mass is 10.1. The van der Waals surface area contributed by atoms with Crippen LogP contribution in [0.3, 0.4) is 0 Å². The van der Waals surface area contributed by atoms with Crippen molar-refractivity contribution in [1.82, 2.24) is 0 Å². The first kappa shape index (κ1) is 19.5. The summed E-state index contributed by atoms with van der Waals surface area (Å²) in [5, 5.41) is 2.38. The first-order valence-electron chi connectivity index (χ1n) is 6.73. The van der Waals surface area contributed by atoms with Gasteiger partial charge in [-0.3, -0.25) is 9.59 Å². The van der Waals surface area contributed by atoms with Crippen molar-refractivity contribution in [3.63, 3.8) is 0 Å². The molecule has 0 aliphatic rings. The van der Waals surface area contributed by atoms with Crippen LogP contribution in [0.1, 0.15) is 31.1 Å². The summed E-state index contributed by atoms with van der Waals surface area (Å²) >= 11 is 4.36. The Bertz CT molecular complexity index is 663. The minimum absolute atomic E-state index is 0.0349. The Kier molecular flexibility index (Phi) is 7.54. The van der Waals surface area contributed by atoms with Crippen molar-refractivity contribution in [2.75, 3.05) is 6.61 Å². The van der Waals surface area contributed by atoms with Crippen LogP contribution in [0.2, 0.25) is 0 Å². The van der Waals surface area contributed by atoms with Gasteiger partial charge in [-0.15, -0.1) is 11.8 Å². The van der Waals surface area contributed by atoms with E-state index in [2.05, 4.69) is 26.0 Å². The third kappa shape index (κ3) is 5.23. The molecule has 0 fully saturated rings. The molecule has 0 aliphatic heterocycles. The van der Waals surface area contributed by atoms with Crippen LogP contribution in [0, 0.1) is 11.7 Å². The van der Waals surface area contributed by atoms with E-state index in [0.29, 0.717) is 9.37 Å². The molecule has 1 aromatic carbocycles. The maximum absolute atomic E-state index is 13.8. The lowest BCUT2D eigenvalue weighted by molar-refractivity contribution is -0.143. The Labute approximate surface area is 145 Å². The third-order valence-electron chi connectivity index (χ3n) is 2.77. The average molecular weight is 404 g/mol. The Morgan fingerprint density at radius 2 is 2.13 bits per heavy atom. The van der Waals surface area contributed by atoms with E-state index in [0.717, 1.165) is 17.8 Å². The number of carbonyl (C=O) groups is 2. The Hall–Kier alpha value is -1.57. The van der Waals surface area contributed by atoms with Gasteiger partial charge in [-0.1, -0.05) is 13.8 Å². The van der Waals surface area contributed by atoms with E-state index in [4.69, 9.17) is 10.3 Å². The number of ether oxygens (including phenoxy) is 1. The van der Waals surface area contributed by atoms with Gasteiger partial charge in [-0.05, 0) is 51.5 Å². The van der Waals surface area contributed by atoms with Crippen LogP contribution in [-0.2, 0) is 9.53 Å². The first-order chi connectivity index (χ1) is 10.8. The van der Waals surface area contributed by atoms with Crippen LogP contribution in [0.25, 0.3) is 10.4 Å². The number of hydrogen-bond donors (Lipinski definition) is 0. The molecule has 1 unspecified atom stereocenters. The van der Waals surface area contributed by atoms with E-state index >= 15 is 0 Å². The number of carbonyl (C=O) groups excluding carboxylic acids is 2. The highest BCUT2D eigenvalue weighted by molar-refractivity contribution is 9.10. The number of nitrogens with zero attached hydrogens (tertiary/aromatic N) is 3. The topological polar surface area (TPSA) is 92.1 Å². The zero-order chi connectivity index (χ0) is 17.6. The third-order valence-corrected chi connectivity index (χ3v) is 5.27. The maximum Gasteiger partial charge on any atom is 0.319 e. The quantitative estimate of drug-likeness (QED) is 0.226. The molecule has 124 valence electrons. The van der Waals surface area contributed by atoms with Crippen LogP contribution >= 0.6 is 27.7 Å². The van der Waals surface area contributed by atoms with Gasteiger partial charge in [-0.2, -0.15) is 0 Å². The maximum atomic E-state index is 13.8. The first-order valence-corrected chi connectivity index (χ1v) is 8.40. The van der Waals surface area contributed by atoms with Gasteiger partial charge in [0.25, 0.3) is 5.91 Å². The molecule has 0 aromatic heterocycles. The second kappa shape index (κ2) is 8.90. The van der Waals surface area contributed by atoms with Gasteiger partial charge >= 0.3 is 5.97 Å². The Balaban J connectivity index is 3.20. The lowest BCUT2D eigenvalue weighted by Gasteiger charge is -2.19. The molecule has 0 radical (unpaired) electrons. The SMILES string of the molecule is CCOC(=O)C(Sc1cc(C(=O)N=[N+]=[N-])c(F)cc1Br)C(C)C. The molecule has 1 rings (SSSR count). The zero-order valence-corrected chi connectivity index (χ0v) is 15.1. The summed E-state index contributed by atoms with van der Waals surface area (Å²) in [5.74, 6) is -2.24. The highest BCUT2D eigenvalue weighted by Crippen LogP contribution is 2.36. The largest absolute Gasteiger partial charge is 0.465 e. The monoisotopic (exact) mass is 403 g/mol. The number of rotatable bonds is 6. The summed E-state index contributed by atoms with van der Waals surface area (Å²) < 4.78 is 19.3. The summed E-state index contributed by atoms with van der Waals surface area (Å²) in [7, 11) is 0. The molecule has 23 heavy (non-hydrogen) atoms. The number of benzene rings is 1. The fourth-order valence-electron chi connectivity index (χ4n) is 1.70. The highest BCUT2D eigenvalue weighted by atomic mass is 79.9. The molecular formula is C14H15BrFN3O3S. The van der Waals surface area contributed by atoms with Crippen LogP contribution in [-0.4, -0.2) is 23.7 Å². The molecule has 0 N–H and O–H groups in total. The second-order valence-corrected chi connectivity index (χ2v) is 6.83. The minimum Gasteiger partial charge on any atom is -0.465 e. The molecule has 6 nitrogen and oxygen atoms in total. The van der Waals surface area contributed by atoms with Crippen molar-refractivity contribution < 1.29 is 18.7 Å². The average Bonchev–Trinajstić information content (AvgIpc) is 2.46. The van der Waals surface area contributed by atoms with E-state index in [1.165, 1.54) is 6.07 Å². The molecule has 1 aromatic rings. The number of esters is 1. The summed E-state index contributed by atoms with van der Waals surface area (Å²) in [6.45, 7) is 5.69. The van der Waals surface area contributed by atoms with Crippen molar-refractivity contribution in [3.05, 3.63) is 38.4 Å². The number of amides is 1. The number of thioether (sulfide) groups is 1. The van der Waals surface area contributed by atoms with Crippen molar-refractivity contribution in [3.8, 4) is 0 Å². The molecule has 0 spiro atoms. The van der Waals surface area contributed by atoms with E-state index in [-0.39, 0.29) is 24.1 Å². The fourth-order valence-corrected chi connectivity index (χ4v) is 3.36. The Morgan fingerprint density at radius 1 is 1.48 bits per heavy atom. The second-order valence-electron chi connectivity index (χ2n) is 4.79. The standard InChI is InChI=1S/C14H15BrFN3O3S/c1-4-22-14(21)12(7(2)3)23-11-5-8(13(20)18-19-17)10(16)6-9(11)15/h5-7,12H,4H2,1-3H3. The van der Waals surface area contributed by atoms with Crippen molar-refractivity contribution in [1.29, 1.82) is 0 Å². The van der Waals surface area contributed by atoms with Crippen molar-refractivity contribution >= 4 is 39.6 Å². The molecule has 0 saturated carbocycles.